The van der Waals surface area contributed by atoms with Gasteiger partial charge < -0.3 is 10.6 Å². The van der Waals surface area contributed by atoms with E-state index in [1.165, 1.54) is 0 Å². The molecule has 1 fully saturated rings. The summed E-state index contributed by atoms with van der Waals surface area (Å²) in [6.45, 7) is 0.0833. The van der Waals surface area contributed by atoms with Gasteiger partial charge in [-0.3, -0.25) is 4.79 Å². The zero-order valence-electron chi connectivity index (χ0n) is 11.0. The first-order chi connectivity index (χ1) is 9.46. The van der Waals surface area contributed by atoms with Crippen molar-refractivity contribution >= 4 is 5.91 Å². The molecule has 3 nitrogen and oxygen atoms in total. The minimum atomic E-state index is -4.52. The fourth-order valence-electron chi connectivity index (χ4n) is 2.39. The standard InChI is InChI=1S/C14H17F3N2O/c15-14(16,17)13(7-9-18-10-13)12(20)19-8-6-11-4-2-1-3-5-11/h1-5,18H,6-10H2,(H,19,20). The van der Waals surface area contributed by atoms with Crippen molar-refractivity contribution in [1.82, 2.24) is 10.6 Å². The van der Waals surface area contributed by atoms with Crippen LogP contribution in [0.1, 0.15) is 12.0 Å². The average Bonchev–Trinajstić information content (AvgIpc) is 2.90. The van der Waals surface area contributed by atoms with Gasteiger partial charge in [0.05, 0.1) is 0 Å². The normalized spacial score (nSPS) is 22.8. The van der Waals surface area contributed by atoms with Gasteiger partial charge in [-0.25, -0.2) is 0 Å². The topological polar surface area (TPSA) is 41.1 Å². The van der Waals surface area contributed by atoms with Gasteiger partial charge in [-0.05, 0) is 24.9 Å². The number of carbonyl (C=O) groups is 1. The summed E-state index contributed by atoms with van der Waals surface area (Å²) in [5.41, 5.74) is -1.29. The molecule has 1 saturated heterocycles. The number of hydrogen-bond donors (Lipinski definition) is 2. The summed E-state index contributed by atoms with van der Waals surface area (Å²) in [6, 6.07) is 9.33. The Labute approximate surface area is 115 Å². The first kappa shape index (κ1) is 14.8. The summed E-state index contributed by atoms with van der Waals surface area (Å²) in [7, 11) is 0. The predicted octanol–water partition coefficient (Wildman–Crippen LogP) is 1.89. The zero-order chi connectivity index (χ0) is 14.6. The lowest BCUT2D eigenvalue weighted by Gasteiger charge is -2.29. The molecule has 2 rings (SSSR count). The molecule has 0 radical (unpaired) electrons. The number of alkyl halides is 3. The Morgan fingerprint density at radius 3 is 2.55 bits per heavy atom. The van der Waals surface area contributed by atoms with Crippen molar-refractivity contribution in [3.05, 3.63) is 35.9 Å². The molecule has 0 aromatic heterocycles. The smallest absolute Gasteiger partial charge is 0.355 e. The maximum atomic E-state index is 13.1. The van der Waals surface area contributed by atoms with Crippen LogP contribution in [0.4, 0.5) is 13.2 Å². The summed E-state index contributed by atoms with van der Waals surface area (Å²) in [4.78, 5) is 11.9. The fraction of sp³-hybridized carbons (Fsp3) is 0.500. The Bertz CT molecular complexity index is 453. The van der Waals surface area contributed by atoms with E-state index in [0.29, 0.717) is 6.42 Å². The zero-order valence-corrected chi connectivity index (χ0v) is 11.0. The number of benzene rings is 1. The van der Waals surface area contributed by atoms with Gasteiger partial charge in [-0.1, -0.05) is 30.3 Å². The SMILES string of the molecule is O=C(NCCc1ccccc1)C1(C(F)(F)F)CCNC1. The van der Waals surface area contributed by atoms with E-state index in [-0.39, 0.29) is 26.1 Å². The van der Waals surface area contributed by atoms with Crippen LogP contribution in [0.15, 0.2) is 30.3 Å². The minimum absolute atomic E-state index is 0.201. The molecule has 0 bridgehead atoms. The number of amides is 1. The molecule has 1 unspecified atom stereocenters. The lowest BCUT2D eigenvalue weighted by molar-refractivity contribution is -0.215. The molecule has 0 spiro atoms. The second kappa shape index (κ2) is 5.83. The third-order valence-electron chi connectivity index (χ3n) is 3.67. The van der Waals surface area contributed by atoms with Crippen molar-refractivity contribution in [2.24, 2.45) is 5.41 Å². The highest BCUT2D eigenvalue weighted by atomic mass is 19.4. The second-order valence-corrected chi connectivity index (χ2v) is 5.00. The van der Waals surface area contributed by atoms with Gasteiger partial charge in [0.1, 0.15) is 0 Å². The van der Waals surface area contributed by atoms with E-state index in [1.807, 2.05) is 30.3 Å². The average molecular weight is 286 g/mol. The van der Waals surface area contributed by atoms with Gasteiger partial charge >= 0.3 is 6.18 Å². The van der Waals surface area contributed by atoms with Gasteiger partial charge in [0.2, 0.25) is 5.91 Å². The maximum Gasteiger partial charge on any atom is 0.404 e. The third kappa shape index (κ3) is 2.95. The monoisotopic (exact) mass is 286 g/mol. The van der Waals surface area contributed by atoms with Crippen LogP contribution in [0.25, 0.3) is 0 Å². The van der Waals surface area contributed by atoms with Gasteiger partial charge in [-0.2, -0.15) is 13.2 Å². The quantitative estimate of drug-likeness (QED) is 0.887. The minimum Gasteiger partial charge on any atom is -0.355 e. The number of carbonyl (C=O) groups excluding carboxylic acids is 1. The Hall–Kier alpha value is -1.56. The summed E-state index contributed by atoms with van der Waals surface area (Å²) in [5.74, 6) is -0.925. The second-order valence-electron chi connectivity index (χ2n) is 5.00. The highest BCUT2D eigenvalue weighted by Gasteiger charge is 2.61. The van der Waals surface area contributed by atoms with Crippen LogP contribution in [0.5, 0.6) is 0 Å². The maximum absolute atomic E-state index is 13.1. The van der Waals surface area contributed by atoms with Crippen LogP contribution < -0.4 is 10.6 Å². The van der Waals surface area contributed by atoms with Crippen LogP contribution in [0.3, 0.4) is 0 Å². The van der Waals surface area contributed by atoms with Gasteiger partial charge in [0.15, 0.2) is 5.41 Å². The third-order valence-corrected chi connectivity index (χ3v) is 3.67. The molecule has 110 valence electrons. The molecule has 6 heteroatoms. The van der Waals surface area contributed by atoms with E-state index in [9.17, 15) is 18.0 Å². The predicted molar refractivity (Wildman–Crippen MR) is 69.1 cm³/mol. The summed E-state index contributed by atoms with van der Waals surface area (Å²) >= 11 is 0. The van der Waals surface area contributed by atoms with Crippen LogP contribution in [0, 0.1) is 5.41 Å². The largest absolute Gasteiger partial charge is 0.404 e. The highest BCUT2D eigenvalue weighted by molar-refractivity contribution is 5.84. The molecule has 1 aromatic carbocycles. The number of halogens is 3. The Kier molecular flexibility index (Phi) is 4.32. The van der Waals surface area contributed by atoms with E-state index in [0.717, 1.165) is 5.56 Å². The van der Waals surface area contributed by atoms with Crippen LogP contribution in [-0.4, -0.2) is 31.7 Å². The Morgan fingerprint density at radius 1 is 1.30 bits per heavy atom. The van der Waals surface area contributed by atoms with E-state index in [1.54, 1.807) is 0 Å². The molecule has 20 heavy (non-hydrogen) atoms. The van der Waals surface area contributed by atoms with Gasteiger partial charge in [0, 0.05) is 13.1 Å². The van der Waals surface area contributed by atoms with Crippen molar-refractivity contribution in [3.8, 4) is 0 Å². The first-order valence-electron chi connectivity index (χ1n) is 6.55. The molecule has 0 aliphatic carbocycles. The number of rotatable bonds is 4. The van der Waals surface area contributed by atoms with Crippen molar-refractivity contribution < 1.29 is 18.0 Å². The molecular weight excluding hydrogens is 269 g/mol. The fourth-order valence-corrected chi connectivity index (χ4v) is 2.39. The highest BCUT2D eigenvalue weighted by Crippen LogP contribution is 2.43. The van der Waals surface area contributed by atoms with E-state index < -0.39 is 17.5 Å². The van der Waals surface area contributed by atoms with Crippen LogP contribution in [0.2, 0.25) is 0 Å². The molecule has 1 aliphatic heterocycles. The number of hydrogen-bond acceptors (Lipinski definition) is 2. The lowest BCUT2D eigenvalue weighted by Crippen LogP contribution is -2.52. The van der Waals surface area contributed by atoms with E-state index in [4.69, 9.17) is 0 Å². The van der Waals surface area contributed by atoms with E-state index >= 15 is 0 Å². The van der Waals surface area contributed by atoms with Gasteiger partial charge in [-0.15, -0.1) is 0 Å². The molecule has 0 saturated carbocycles. The molecule has 1 heterocycles. The van der Waals surface area contributed by atoms with E-state index in [2.05, 4.69) is 10.6 Å². The first-order valence-corrected chi connectivity index (χ1v) is 6.55. The van der Waals surface area contributed by atoms with Crippen LogP contribution in [-0.2, 0) is 11.2 Å². The van der Waals surface area contributed by atoms with Crippen LogP contribution >= 0.6 is 0 Å². The summed E-state index contributed by atoms with van der Waals surface area (Å²) in [6.07, 6.45) is -4.20. The van der Waals surface area contributed by atoms with Crippen molar-refractivity contribution in [3.63, 3.8) is 0 Å². The molecule has 2 N–H and O–H groups in total. The van der Waals surface area contributed by atoms with Gasteiger partial charge in [0.25, 0.3) is 0 Å². The molecule has 1 aromatic rings. The molecular formula is C14H17F3N2O. The molecule has 1 amide bonds. The summed E-state index contributed by atoms with van der Waals surface area (Å²) in [5, 5.41) is 5.05. The summed E-state index contributed by atoms with van der Waals surface area (Å²) < 4.78 is 39.3. The molecule has 1 atom stereocenters. The lowest BCUT2D eigenvalue weighted by atomic mass is 9.85. The van der Waals surface area contributed by atoms with Crippen molar-refractivity contribution in [1.29, 1.82) is 0 Å². The Balaban J connectivity index is 1.93. The Morgan fingerprint density at radius 2 is 2.00 bits per heavy atom. The molecule has 1 aliphatic rings. The number of nitrogens with one attached hydrogen (secondary N) is 2. The van der Waals surface area contributed by atoms with Crippen molar-refractivity contribution in [2.75, 3.05) is 19.6 Å². The van der Waals surface area contributed by atoms with Crippen molar-refractivity contribution in [2.45, 2.75) is 19.0 Å².